The van der Waals surface area contributed by atoms with Crippen molar-refractivity contribution < 1.29 is 57.3 Å². The molecule has 144 valence electrons. The maximum Gasteiger partial charge on any atom is 0.304 e. The lowest BCUT2D eigenvalue weighted by Gasteiger charge is -2.09. The van der Waals surface area contributed by atoms with E-state index in [9.17, 15) is 4.79 Å². The number of ether oxygens (including phenoxy) is 10. The minimum Gasteiger partial charge on any atom is -0.439 e. The molecule has 0 unspecified atom stereocenters. The third-order valence-corrected chi connectivity index (χ3v) is 1.77. The van der Waals surface area contributed by atoms with E-state index in [1.807, 2.05) is 0 Å². The van der Waals surface area contributed by atoms with E-state index in [4.69, 9.17) is 43.0 Å². The van der Waals surface area contributed by atoms with E-state index < -0.39 is 12.8 Å². The van der Waals surface area contributed by atoms with Crippen LogP contribution in [0.15, 0.2) is 0 Å². The van der Waals surface area contributed by atoms with E-state index in [-0.39, 0.29) is 61.1 Å². The number of esters is 1. The first-order valence-corrected chi connectivity index (χ1v) is 6.71. The van der Waals surface area contributed by atoms with Crippen molar-refractivity contribution in [2.45, 2.75) is 6.92 Å². The zero-order valence-corrected chi connectivity index (χ0v) is 13.5. The summed E-state index contributed by atoms with van der Waals surface area (Å²) in [6.07, 6.45) is 0. The highest BCUT2D eigenvalue weighted by atomic mass is 16.8. The highest BCUT2D eigenvalue weighted by molar-refractivity contribution is 5.65. The molecule has 0 aromatic heterocycles. The van der Waals surface area contributed by atoms with Crippen molar-refractivity contribution >= 4 is 5.97 Å². The standard InChI is InChI=1S/C12H24O12/c1-12(14)24-11-23-10-22-9-21-8-20-7-19-6-18-5-17-4-16-3-15-2-13/h13H,2-11H2,1H3. The summed E-state index contributed by atoms with van der Waals surface area (Å²) in [5.74, 6) is -0.434. The van der Waals surface area contributed by atoms with Crippen molar-refractivity contribution in [2.24, 2.45) is 0 Å². The average molecular weight is 360 g/mol. The van der Waals surface area contributed by atoms with E-state index in [2.05, 4.69) is 9.47 Å². The van der Waals surface area contributed by atoms with Crippen LogP contribution in [0.2, 0.25) is 0 Å². The summed E-state index contributed by atoms with van der Waals surface area (Å²) < 4.78 is 48.1. The van der Waals surface area contributed by atoms with E-state index >= 15 is 0 Å². The third-order valence-electron chi connectivity index (χ3n) is 1.77. The summed E-state index contributed by atoms with van der Waals surface area (Å²) in [5, 5.41) is 8.29. The topological polar surface area (TPSA) is 130 Å². The van der Waals surface area contributed by atoms with Crippen molar-refractivity contribution in [1.29, 1.82) is 0 Å². The van der Waals surface area contributed by atoms with Gasteiger partial charge in [-0.2, -0.15) is 0 Å². The fraction of sp³-hybridized carbons (Fsp3) is 0.917. The van der Waals surface area contributed by atoms with Crippen LogP contribution in [0.25, 0.3) is 0 Å². The van der Waals surface area contributed by atoms with Gasteiger partial charge in [0, 0.05) is 6.92 Å². The molecule has 0 fully saturated rings. The molecule has 0 saturated carbocycles. The Balaban J connectivity index is 2.97. The molecule has 0 bridgehead atoms. The first-order valence-electron chi connectivity index (χ1n) is 6.71. The molecule has 0 atom stereocenters. The highest BCUT2D eigenvalue weighted by Gasteiger charge is 1.94. The Morgan fingerprint density at radius 2 is 0.875 bits per heavy atom. The summed E-state index contributed by atoms with van der Waals surface area (Å²) in [6, 6.07) is 0. The molecule has 0 amide bonds. The predicted molar refractivity (Wildman–Crippen MR) is 72.4 cm³/mol. The van der Waals surface area contributed by atoms with Crippen LogP contribution in [0.4, 0.5) is 0 Å². The molecular weight excluding hydrogens is 336 g/mol. The van der Waals surface area contributed by atoms with Gasteiger partial charge in [0.2, 0.25) is 0 Å². The molecule has 24 heavy (non-hydrogen) atoms. The van der Waals surface area contributed by atoms with Crippen LogP contribution in [-0.2, 0) is 52.2 Å². The van der Waals surface area contributed by atoms with Gasteiger partial charge >= 0.3 is 5.97 Å². The second kappa shape index (κ2) is 20.1. The largest absolute Gasteiger partial charge is 0.439 e. The first-order chi connectivity index (χ1) is 11.8. The number of hydrogen-bond acceptors (Lipinski definition) is 12. The molecule has 0 aliphatic carbocycles. The van der Waals surface area contributed by atoms with Gasteiger partial charge in [-0.25, -0.2) is 0 Å². The van der Waals surface area contributed by atoms with E-state index in [1.165, 1.54) is 6.92 Å². The Kier molecular flexibility index (Phi) is 19.3. The van der Waals surface area contributed by atoms with E-state index in [0.717, 1.165) is 0 Å². The quantitative estimate of drug-likeness (QED) is 0.177. The highest BCUT2D eigenvalue weighted by Crippen LogP contribution is 1.87. The number of rotatable bonds is 19. The second-order valence-corrected chi connectivity index (χ2v) is 3.66. The summed E-state index contributed by atoms with van der Waals surface area (Å²) in [7, 11) is 0. The van der Waals surface area contributed by atoms with Gasteiger partial charge in [-0.3, -0.25) is 4.79 Å². The Bertz CT molecular complexity index is 264. The SMILES string of the molecule is CC(=O)OCOCOCOCOCOCOCOCOCOCO. The van der Waals surface area contributed by atoms with Crippen LogP contribution in [0.3, 0.4) is 0 Å². The van der Waals surface area contributed by atoms with E-state index in [1.54, 1.807) is 0 Å². The molecule has 0 aromatic rings. The van der Waals surface area contributed by atoms with Crippen LogP contribution in [0, 0.1) is 0 Å². The molecule has 0 aliphatic heterocycles. The van der Waals surface area contributed by atoms with Crippen molar-refractivity contribution in [3.05, 3.63) is 0 Å². The van der Waals surface area contributed by atoms with Gasteiger partial charge in [-0.05, 0) is 0 Å². The van der Waals surface area contributed by atoms with Gasteiger partial charge in [0.15, 0.2) is 61.1 Å². The van der Waals surface area contributed by atoms with Crippen molar-refractivity contribution in [3.8, 4) is 0 Å². The molecule has 0 aliphatic rings. The van der Waals surface area contributed by atoms with Gasteiger partial charge in [-0.1, -0.05) is 0 Å². The van der Waals surface area contributed by atoms with E-state index in [0.29, 0.717) is 0 Å². The molecule has 0 heterocycles. The summed E-state index contributed by atoms with van der Waals surface area (Å²) >= 11 is 0. The molecular formula is C12H24O12. The fourth-order valence-corrected chi connectivity index (χ4v) is 0.905. The summed E-state index contributed by atoms with van der Waals surface area (Å²) in [4.78, 5) is 10.4. The number of hydrogen-bond donors (Lipinski definition) is 1. The smallest absolute Gasteiger partial charge is 0.304 e. The molecule has 0 aromatic carbocycles. The maximum absolute atomic E-state index is 10.4. The summed E-state index contributed by atoms with van der Waals surface area (Å²) in [5.41, 5.74) is 0. The minimum atomic E-state index is -0.434. The molecule has 12 heteroatoms. The second-order valence-electron chi connectivity index (χ2n) is 3.66. The van der Waals surface area contributed by atoms with Crippen LogP contribution in [0.5, 0.6) is 0 Å². The first kappa shape index (κ1) is 23.1. The third kappa shape index (κ3) is 21.1. The van der Waals surface area contributed by atoms with Crippen LogP contribution in [0.1, 0.15) is 6.92 Å². The van der Waals surface area contributed by atoms with Crippen molar-refractivity contribution in [2.75, 3.05) is 67.9 Å². The fourth-order valence-electron chi connectivity index (χ4n) is 0.905. The number of carbonyl (C=O) groups is 1. The number of carbonyl (C=O) groups excluding carboxylic acids is 1. The predicted octanol–water partition coefficient (Wildman–Crippen LogP) is -0.734. The molecule has 0 saturated heterocycles. The Hall–Kier alpha value is -0.930. The Labute approximate surface area is 139 Å². The Morgan fingerprint density at radius 1 is 0.583 bits per heavy atom. The Morgan fingerprint density at radius 3 is 1.17 bits per heavy atom. The van der Waals surface area contributed by atoms with Crippen molar-refractivity contribution in [1.82, 2.24) is 0 Å². The van der Waals surface area contributed by atoms with Crippen LogP contribution >= 0.6 is 0 Å². The van der Waals surface area contributed by atoms with Crippen LogP contribution in [-0.4, -0.2) is 79.0 Å². The molecule has 0 rings (SSSR count). The molecule has 0 spiro atoms. The van der Waals surface area contributed by atoms with Gasteiger partial charge in [0.05, 0.1) is 0 Å². The molecule has 12 nitrogen and oxygen atoms in total. The van der Waals surface area contributed by atoms with Crippen molar-refractivity contribution in [3.63, 3.8) is 0 Å². The number of aliphatic hydroxyl groups is 1. The average Bonchev–Trinajstić information content (AvgIpc) is 2.56. The zero-order chi connectivity index (χ0) is 17.7. The van der Waals surface area contributed by atoms with Gasteiger partial charge in [0.1, 0.15) is 6.79 Å². The number of aliphatic hydroxyl groups excluding tert-OH is 1. The lowest BCUT2D eigenvalue weighted by molar-refractivity contribution is -0.230. The summed E-state index contributed by atoms with van der Waals surface area (Å²) in [6.45, 7) is 0.314. The normalized spacial score (nSPS) is 10.9. The molecule has 1 N–H and O–H groups in total. The van der Waals surface area contributed by atoms with Gasteiger partial charge in [-0.15, -0.1) is 0 Å². The molecule has 0 radical (unpaired) electrons. The van der Waals surface area contributed by atoms with Crippen LogP contribution < -0.4 is 0 Å². The lowest BCUT2D eigenvalue weighted by Crippen LogP contribution is -2.12. The minimum absolute atomic E-state index is 0.0309. The zero-order valence-electron chi connectivity index (χ0n) is 13.5. The van der Waals surface area contributed by atoms with Gasteiger partial charge < -0.3 is 52.5 Å². The maximum atomic E-state index is 10.4. The van der Waals surface area contributed by atoms with Gasteiger partial charge in [0.25, 0.3) is 0 Å². The lowest BCUT2D eigenvalue weighted by atomic mass is 10.8. The monoisotopic (exact) mass is 360 g/mol.